The molecule has 6 heteroatoms. The molecule has 1 saturated carbocycles. The fraction of sp³-hybridized carbons (Fsp3) is 0.778. The summed E-state index contributed by atoms with van der Waals surface area (Å²) >= 11 is 0. The van der Waals surface area contributed by atoms with Crippen LogP contribution in [0.15, 0.2) is 0 Å². The number of aryl methyl sites for hydroxylation is 2. The second-order valence-electron chi connectivity index (χ2n) is 7.42. The average molecular weight is 333 g/mol. The largest absolute Gasteiger partial charge is 0.396 e. The molecule has 3 aliphatic rings. The fourth-order valence-corrected chi connectivity index (χ4v) is 4.63. The Balaban J connectivity index is 1.38. The predicted molar refractivity (Wildman–Crippen MR) is 88.6 cm³/mol. The molecule has 0 aromatic carbocycles. The molecule has 2 fully saturated rings. The SMILES string of the molecule is O=C(CCc1n[nH]c2c1CCCC2)N1CCOC2C[C@H](CO)C[C@@H]21. The standard InChI is InChI=1S/C18H27N3O3/c22-11-12-9-16-17(10-12)24-8-7-21(16)18(23)6-5-15-13-3-1-2-4-14(13)19-20-15/h12,16-17,22H,1-11H2,(H,19,20)/t12-,16+,17?/m1/s1. The normalized spacial score (nSPS) is 29.4. The van der Waals surface area contributed by atoms with Crippen LogP contribution in [0.5, 0.6) is 0 Å². The molecule has 2 N–H and O–H groups in total. The summed E-state index contributed by atoms with van der Waals surface area (Å²) in [5.41, 5.74) is 3.72. The summed E-state index contributed by atoms with van der Waals surface area (Å²) in [7, 11) is 0. The number of morpholine rings is 1. The number of aliphatic hydroxyl groups excluding tert-OH is 1. The lowest BCUT2D eigenvalue weighted by molar-refractivity contribution is -0.143. The molecule has 0 spiro atoms. The maximum Gasteiger partial charge on any atom is 0.223 e. The Morgan fingerprint density at radius 1 is 1.33 bits per heavy atom. The zero-order chi connectivity index (χ0) is 16.5. The monoisotopic (exact) mass is 333 g/mol. The Morgan fingerprint density at radius 3 is 3.08 bits per heavy atom. The molecular weight excluding hydrogens is 306 g/mol. The molecular formula is C18H27N3O3. The predicted octanol–water partition coefficient (Wildman–Crippen LogP) is 1.22. The van der Waals surface area contributed by atoms with Crippen molar-refractivity contribution in [3.8, 4) is 0 Å². The van der Waals surface area contributed by atoms with Crippen molar-refractivity contribution in [2.75, 3.05) is 19.8 Å². The van der Waals surface area contributed by atoms with Crippen molar-refractivity contribution in [1.82, 2.24) is 15.1 Å². The van der Waals surface area contributed by atoms with E-state index in [1.54, 1.807) is 0 Å². The number of amides is 1. The summed E-state index contributed by atoms with van der Waals surface area (Å²) < 4.78 is 5.82. The highest BCUT2D eigenvalue weighted by molar-refractivity contribution is 5.77. The molecule has 0 radical (unpaired) electrons. The van der Waals surface area contributed by atoms with Gasteiger partial charge in [0.2, 0.25) is 5.91 Å². The number of nitrogens with one attached hydrogen (secondary N) is 1. The van der Waals surface area contributed by atoms with Crippen LogP contribution in [0, 0.1) is 5.92 Å². The summed E-state index contributed by atoms with van der Waals surface area (Å²) in [6.45, 7) is 1.48. The van der Waals surface area contributed by atoms with Gasteiger partial charge in [0.15, 0.2) is 0 Å². The lowest BCUT2D eigenvalue weighted by Crippen LogP contribution is -2.51. The highest BCUT2D eigenvalue weighted by atomic mass is 16.5. The lowest BCUT2D eigenvalue weighted by Gasteiger charge is -2.37. The molecule has 0 bridgehead atoms. The number of nitrogens with zero attached hydrogens (tertiary/aromatic N) is 2. The van der Waals surface area contributed by atoms with E-state index in [-0.39, 0.29) is 30.6 Å². The number of aromatic nitrogens is 2. The molecule has 1 aliphatic heterocycles. The highest BCUT2D eigenvalue weighted by Gasteiger charge is 2.42. The topological polar surface area (TPSA) is 78.5 Å². The van der Waals surface area contributed by atoms with E-state index in [4.69, 9.17) is 4.74 Å². The Kier molecular flexibility index (Phi) is 4.59. The van der Waals surface area contributed by atoms with Gasteiger partial charge in [-0.05, 0) is 50.0 Å². The van der Waals surface area contributed by atoms with Crippen LogP contribution in [0.1, 0.15) is 49.1 Å². The van der Waals surface area contributed by atoms with Gasteiger partial charge in [-0.25, -0.2) is 0 Å². The van der Waals surface area contributed by atoms with Crippen molar-refractivity contribution in [3.05, 3.63) is 17.0 Å². The third-order valence-electron chi connectivity index (χ3n) is 5.93. The minimum absolute atomic E-state index is 0.109. The van der Waals surface area contributed by atoms with Crippen LogP contribution >= 0.6 is 0 Å². The Labute approximate surface area is 142 Å². The van der Waals surface area contributed by atoms with Crippen molar-refractivity contribution in [2.24, 2.45) is 5.92 Å². The van der Waals surface area contributed by atoms with Crippen LogP contribution < -0.4 is 0 Å². The molecule has 3 atom stereocenters. The molecule has 1 saturated heterocycles. The molecule has 2 aliphatic carbocycles. The van der Waals surface area contributed by atoms with E-state index in [1.165, 1.54) is 24.1 Å². The first-order valence-electron chi connectivity index (χ1n) is 9.33. The van der Waals surface area contributed by atoms with Crippen molar-refractivity contribution in [2.45, 2.75) is 63.5 Å². The van der Waals surface area contributed by atoms with Gasteiger partial charge in [0.1, 0.15) is 0 Å². The van der Waals surface area contributed by atoms with E-state index in [1.807, 2.05) is 4.90 Å². The number of fused-ring (bicyclic) bond motifs is 2. The smallest absolute Gasteiger partial charge is 0.223 e. The van der Waals surface area contributed by atoms with Gasteiger partial charge in [-0.1, -0.05) is 0 Å². The van der Waals surface area contributed by atoms with E-state index in [9.17, 15) is 9.90 Å². The van der Waals surface area contributed by atoms with Crippen molar-refractivity contribution >= 4 is 5.91 Å². The maximum atomic E-state index is 12.8. The number of rotatable bonds is 4. The Morgan fingerprint density at radius 2 is 2.21 bits per heavy atom. The molecule has 24 heavy (non-hydrogen) atoms. The zero-order valence-electron chi connectivity index (χ0n) is 14.2. The first-order chi connectivity index (χ1) is 11.8. The number of H-pyrrole nitrogens is 1. The summed E-state index contributed by atoms with van der Waals surface area (Å²) in [6, 6.07) is 0.150. The van der Waals surface area contributed by atoms with Crippen LogP contribution in [0.2, 0.25) is 0 Å². The summed E-state index contributed by atoms with van der Waals surface area (Å²) in [5.74, 6) is 0.478. The first kappa shape index (κ1) is 16.1. The Hall–Kier alpha value is -1.40. The highest BCUT2D eigenvalue weighted by Crippen LogP contribution is 2.34. The second kappa shape index (κ2) is 6.84. The lowest BCUT2D eigenvalue weighted by atomic mass is 9.94. The van der Waals surface area contributed by atoms with Gasteiger partial charge in [-0.3, -0.25) is 9.89 Å². The molecule has 132 valence electrons. The molecule has 1 aromatic heterocycles. The van der Waals surface area contributed by atoms with Crippen LogP contribution in [0.3, 0.4) is 0 Å². The van der Waals surface area contributed by atoms with Crippen LogP contribution in [-0.2, 0) is 28.8 Å². The van der Waals surface area contributed by atoms with Gasteiger partial charge >= 0.3 is 0 Å². The minimum atomic E-state index is 0.109. The van der Waals surface area contributed by atoms with Gasteiger partial charge in [-0.15, -0.1) is 0 Å². The molecule has 4 rings (SSSR count). The van der Waals surface area contributed by atoms with Crippen molar-refractivity contribution in [3.63, 3.8) is 0 Å². The van der Waals surface area contributed by atoms with E-state index < -0.39 is 0 Å². The quantitative estimate of drug-likeness (QED) is 0.868. The third kappa shape index (κ3) is 2.97. The van der Waals surface area contributed by atoms with Crippen molar-refractivity contribution in [1.29, 1.82) is 0 Å². The van der Waals surface area contributed by atoms with E-state index in [0.717, 1.165) is 37.8 Å². The maximum absolute atomic E-state index is 12.8. The van der Waals surface area contributed by atoms with Gasteiger partial charge in [0.25, 0.3) is 0 Å². The second-order valence-corrected chi connectivity index (χ2v) is 7.42. The third-order valence-corrected chi connectivity index (χ3v) is 5.93. The molecule has 1 amide bonds. The summed E-state index contributed by atoms with van der Waals surface area (Å²) in [5, 5.41) is 17.0. The van der Waals surface area contributed by atoms with Crippen LogP contribution in [0.4, 0.5) is 0 Å². The number of aromatic amines is 1. The summed E-state index contributed by atoms with van der Waals surface area (Å²) in [6.07, 6.45) is 7.73. The van der Waals surface area contributed by atoms with E-state index in [0.29, 0.717) is 19.6 Å². The Bertz CT molecular complexity index is 600. The van der Waals surface area contributed by atoms with Crippen LogP contribution in [-0.4, -0.2) is 58.0 Å². The molecule has 1 unspecified atom stereocenters. The summed E-state index contributed by atoms with van der Waals surface area (Å²) in [4.78, 5) is 14.8. The van der Waals surface area contributed by atoms with E-state index in [2.05, 4.69) is 10.2 Å². The first-order valence-corrected chi connectivity index (χ1v) is 9.33. The number of hydrogen-bond donors (Lipinski definition) is 2. The fourth-order valence-electron chi connectivity index (χ4n) is 4.63. The number of ether oxygens (including phenoxy) is 1. The van der Waals surface area contributed by atoms with Gasteiger partial charge < -0.3 is 14.7 Å². The number of carbonyl (C=O) groups excluding carboxylic acids is 1. The molecule has 2 heterocycles. The van der Waals surface area contributed by atoms with Crippen LogP contribution in [0.25, 0.3) is 0 Å². The number of aliphatic hydroxyl groups is 1. The van der Waals surface area contributed by atoms with Gasteiger partial charge in [-0.2, -0.15) is 5.10 Å². The minimum Gasteiger partial charge on any atom is -0.396 e. The number of hydrogen-bond acceptors (Lipinski definition) is 4. The molecule has 1 aromatic rings. The molecule has 6 nitrogen and oxygen atoms in total. The zero-order valence-corrected chi connectivity index (χ0v) is 14.2. The van der Waals surface area contributed by atoms with E-state index >= 15 is 0 Å². The van der Waals surface area contributed by atoms with Crippen molar-refractivity contribution < 1.29 is 14.6 Å². The number of carbonyl (C=O) groups is 1. The van der Waals surface area contributed by atoms with Gasteiger partial charge in [0.05, 0.1) is 24.4 Å². The average Bonchev–Trinajstić information content (AvgIpc) is 3.23. The van der Waals surface area contributed by atoms with Gasteiger partial charge in [0, 0.05) is 31.7 Å².